The van der Waals surface area contributed by atoms with Crippen molar-refractivity contribution in [3.8, 4) is 11.5 Å². The fourth-order valence-electron chi connectivity index (χ4n) is 1.94. The second-order valence-corrected chi connectivity index (χ2v) is 4.98. The molecular formula is C17H17ClO3. The second kappa shape index (κ2) is 7.14. The summed E-state index contributed by atoms with van der Waals surface area (Å²) in [7, 11) is 1.53. The summed E-state index contributed by atoms with van der Waals surface area (Å²) in [6.07, 6.45) is 0.945. The Bertz CT molecular complexity index is 620. The van der Waals surface area contributed by atoms with Crippen LogP contribution >= 0.6 is 11.6 Å². The van der Waals surface area contributed by atoms with Crippen LogP contribution in [0.25, 0.3) is 0 Å². The molecule has 0 fully saturated rings. The molecule has 0 N–H and O–H groups in total. The Morgan fingerprint density at radius 1 is 1.14 bits per heavy atom. The van der Waals surface area contributed by atoms with E-state index >= 15 is 0 Å². The van der Waals surface area contributed by atoms with E-state index in [1.807, 2.05) is 6.92 Å². The lowest BCUT2D eigenvalue weighted by Crippen LogP contribution is -2.04. The van der Waals surface area contributed by atoms with E-state index < -0.39 is 0 Å². The quantitative estimate of drug-likeness (QED) is 0.743. The van der Waals surface area contributed by atoms with Crippen LogP contribution in [0.5, 0.6) is 11.5 Å². The molecule has 0 aliphatic heterocycles. The molecule has 3 nitrogen and oxygen atoms in total. The highest BCUT2D eigenvalue weighted by atomic mass is 35.5. The first-order valence-corrected chi connectivity index (χ1v) is 7.14. The molecular weight excluding hydrogens is 288 g/mol. The molecule has 0 saturated heterocycles. The summed E-state index contributed by atoms with van der Waals surface area (Å²) in [5.74, 6) is 1.14. The monoisotopic (exact) mass is 304 g/mol. The molecule has 0 spiro atoms. The van der Waals surface area contributed by atoms with Crippen LogP contribution in [0.2, 0.25) is 5.02 Å². The van der Waals surface area contributed by atoms with Crippen LogP contribution in [0, 0.1) is 0 Å². The summed E-state index contributed by atoms with van der Waals surface area (Å²) in [6, 6.07) is 12.1. The van der Waals surface area contributed by atoms with E-state index in [1.54, 1.807) is 42.5 Å². The number of hydrogen-bond acceptors (Lipinski definition) is 3. The van der Waals surface area contributed by atoms with Gasteiger partial charge in [0, 0.05) is 10.6 Å². The molecule has 0 heterocycles. The Labute approximate surface area is 129 Å². The summed E-state index contributed by atoms with van der Waals surface area (Å²) in [6.45, 7) is 2.71. The highest BCUT2D eigenvalue weighted by molar-refractivity contribution is 6.31. The van der Waals surface area contributed by atoms with Gasteiger partial charge in [0.2, 0.25) is 0 Å². The molecule has 2 rings (SSSR count). The number of methoxy groups -OCH3 is 1. The molecule has 4 heteroatoms. The minimum absolute atomic E-state index is 0.128. The average Bonchev–Trinajstić information content (AvgIpc) is 2.52. The maximum atomic E-state index is 12.5. The van der Waals surface area contributed by atoms with Crippen molar-refractivity contribution in [1.82, 2.24) is 0 Å². The van der Waals surface area contributed by atoms with Gasteiger partial charge < -0.3 is 9.47 Å². The summed E-state index contributed by atoms with van der Waals surface area (Å²) in [5, 5.41) is 0.502. The van der Waals surface area contributed by atoms with E-state index in [0.717, 1.165) is 12.2 Å². The van der Waals surface area contributed by atoms with E-state index in [1.165, 1.54) is 7.11 Å². The van der Waals surface area contributed by atoms with Gasteiger partial charge >= 0.3 is 0 Å². The fourth-order valence-corrected chi connectivity index (χ4v) is 2.11. The highest BCUT2D eigenvalue weighted by Gasteiger charge is 2.15. The third-order valence-corrected chi connectivity index (χ3v) is 3.23. The van der Waals surface area contributed by atoms with E-state index in [-0.39, 0.29) is 5.78 Å². The predicted molar refractivity (Wildman–Crippen MR) is 83.7 cm³/mol. The van der Waals surface area contributed by atoms with Gasteiger partial charge in [0.1, 0.15) is 11.5 Å². The van der Waals surface area contributed by atoms with Gasteiger partial charge in [0.05, 0.1) is 19.3 Å². The lowest BCUT2D eigenvalue weighted by Gasteiger charge is -2.09. The first-order chi connectivity index (χ1) is 10.2. The van der Waals surface area contributed by atoms with Crippen LogP contribution in [0.1, 0.15) is 29.3 Å². The molecule has 0 aromatic heterocycles. The number of ether oxygens (including phenoxy) is 2. The Kier molecular flexibility index (Phi) is 5.23. The molecule has 0 aliphatic carbocycles. The standard InChI is InChI=1S/C17H17ClO3/c1-3-10-21-14-7-4-12(5-8-14)17(19)15-11-13(18)6-9-16(15)20-2/h4-9,11H,3,10H2,1-2H3. The van der Waals surface area contributed by atoms with Gasteiger partial charge in [-0.05, 0) is 48.9 Å². The van der Waals surface area contributed by atoms with Crippen LogP contribution in [-0.4, -0.2) is 19.5 Å². The number of halogens is 1. The summed E-state index contributed by atoms with van der Waals surface area (Å²) in [5.41, 5.74) is 1.02. The normalized spacial score (nSPS) is 10.2. The highest BCUT2D eigenvalue weighted by Crippen LogP contribution is 2.26. The fraction of sp³-hybridized carbons (Fsp3) is 0.235. The number of carbonyl (C=O) groups is 1. The van der Waals surface area contributed by atoms with Gasteiger partial charge in [-0.25, -0.2) is 0 Å². The largest absolute Gasteiger partial charge is 0.496 e. The van der Waals surface area contributed by atoms with E-state index in [2.05, 4.69) is 0 Å². The Balaban J connectivity index is 2.25. The first kappa shape index (κ1) is 15.4. The average molecular weight is 305 g/mol. The molecule has 0 bridgehead atoms. The minimum Gasteiger partial charge on any atom is -0.496 e. The van der Waals surface area contributed by atoms with Crippen LogP contribution < -0.4 is 9.47 Å². The zero-order valence-electron chi connectivity index (χ0n) is 12.1. The van der Waals surface area contributed by atoms with Crippen molar-refractivity contribution in [2.24, 2.45) is 0 Å². The van der Waals surface area contributed by atoms with E-state index in [9.17, 15) is 4.79 Å². The number of hydrogen-bond donors (Lipinski definition) is 0. The SMILES string of the molecule is CCCOc1ccc(C(=O)c2cc(Cl)ccc2OC)cc1. The summed E-state index contributed by atoms with van der Waals surface area (Å²) < 4.78 is 10.7. The van der Waals surface area contributed by atoms with E-state index in [0.29, 0.717) is 28.5 Å². The van der Waals surface area contributed by atoms with Gasteiger partial charge in [-0.3, -0.25) is 4.79 Å². The number of carbonyl (C=O) groups excluding carboxylic acids is 1. The minimum atomic E-state index is -0.128. The molecule has 0 atom stereocenters. The van der Waals surface area contributed by atoms with Gasteiger partial charge in [-0.2, -0.15) is 0 Å². The number of rotatable bonds is 6. The molecule has 0 amide bonds. The molecule has 110 valence electrons. The van der Waals surface area contributed by atoms with Crippen molar-refractivity contribution < 1.29 is 14.3 Å². The van der Waals surface area contributed by atoms with Crippen molar-refractivity contribution in [1.29, 1.82) is 0 Å². The molecule has 2 aromatic carbocycles. The number of benzene rings is 2. The Morgan fingerprint density at radius 3 is 2.48 bits per heavy atom. The predicted octanol–water partition coefficient (Wildman–Crippen LogP) is 4.37. The van der Waals surface area contributed by atoms with Gasteiger partial charge in [0.25, 0.3) is 0 Å². The van der Waals surface area contributed by atoms with Crippen molar-refractivity contribution in [3.05, 3.63) is 58.6 Å². The van der Waals surface area contributed by atoms with Gasteiger partial charge in [-0.1, -0.05) is 18.5 Å². The zero-order chi connectivity index (χ0) is 15.2. The molecule has 0 radical (unpaired) electrons. The van der Waals surface area contributed by atoms with Crippen LogP contribution in [0.15, 0.2) is 42.5 Å². The first-order valence-electron chi connectivity index (χ1n) is 6.76. The molecule has 21 heavy (non-hydrogen) atoms. The zero-order valence-corrected chi connectivity index (χ0v) is 12.8. The third-order valence-electron chi connectivity index (χ3n) is 3.00. The Morgan fingerprint density at radius 2 is 1.86 bits per heavy atom. The molecule has 2 aromatic rings. The van der Waals surface area contributed by atoms with Crippen LogP contribution in [0.3, 0.4) is 0 Å². The van der Waals surface area contributed by atoms with Crippen molar-refractivity contribution in [2.45, 2.75) is 13.3 Å². The van der Waals surface area contributed by atoms with Gasteiger partial charge in [-0.15, -0.1) is 0 Å². The van der Waals surface area contributed by atoms with Crippen LogP contribution in [-0.2, 0) is 0 Å². The third kappa shape index (κ3) is 3.76. The molecule has 0 aliphatic rings. The molecule has 0 unspecified atom stereocenters. The number of ketones is 1. The maximum absolute atomic E-state index is 12.5. The van der Waals surface area contributed by atoms with Crippen molar-refractivity contribution in [3.63, 3.8) is 0 Å². The summed E-state index contributed by atoms with van der Waals surface area (Å²) in [4.78, 5) is 12.5. The van der Waals surface area contributed by atoms with Crippen molar-refractivity contribution in [2.75, 3.05) is 13.7 Å². The topological polar surface area (TPSA) is 35.5 Å². The lowest BCUT2D eigenvalue weighted by molar-refractivity contribution is 0.103. The second-order valence-electron chi connectivity index (χ2n) is 4.55. The smallest absolute Gasteiger partial charge is 0.196 e. The maximum Gasteiger partial charge on any atom is 0.196 e. The van der Waals surface area contributed by atoms with Crippen LogP contribution in [0.4, 0.5) is 0 Å². The Hall–Kier alpha value is -2.00. The van der Waals surface area contributed by atoms with E-state index in [4.69, 9.17) is 21.1 Å². The van der Waals surface area contributed by atoms with Gasteiger partial charge in [0.15, 0.2) is 5.78 Å². The molecule has 0 saturated carbocycles. The van der Waals surface area contributed by atoms with Crippen molar-refractivity contribution >= 4 is 17.4 Å². The summed E-state index contributed by atoms with van der Waals surface area (Å²) >= 11 is 5.96. The lowest BCUT2D eigenvalue weighted by atomic mass is 10.0.